The second-order valence-corrected chi connectivity index (χ2v) is 5.05. The van der Waals surface area contributed by atoms with E-state index in [1.54, 1.807) is 35.3 Å². The van der Waals surface area contributed by atoms with Crippen molar-refractivity contribution in [3.05, 3.63) is 58.9 Å². The summed E-state index contributed by atoms with van der Waals surface area (Å²) in [6, 6.07) is 11.5. The third kappa shape index (κ3) is 3.73. The molecule has 0 amide bonds. The van der Waals surface area contributed by atoms with Crippen molar-refractivity contribution in [1.29, 1.82) is 0 Å². The van der Waals surface area contributed by atoms with E-state index >= 15 is 0 Å². The molecule has 0 bridgehead atoms. The standard InChI is InChI=1S/C16H17ClFN3/c1-3-21(14-7-5-13(18)6-8-14)20-11(2)15-10-12(17)4-9-16(15)19/h4-10H,3,19H2,1-2H3/b20-11+. The average Bonchev–Trinajstić information content (AvgIpc) is 2.48. The van der Waals surface area contributed by atoms with Crippen LogP contribution in [-0.4, -0.2) is 12.3 Å². The number of nitrogen functional groups attached to an aromatic ring is 1. The van der Waals surface area contributed by atoms with E-state index in [0.29, 0.717) is 17.3 Å². The van der Waals surface area contributed by atoms with Gasteiger partial charge in [-0.3, -0.25) is 5.01 Å². The largest absolute Gasteiger partial charge is 0.398 e. The molecule has 0 atom stereocenters. The highest BCUT2D eigenvalue weighted by Crippen LogP contribution is 2.21. The van der Waals surface area contributed by atoms with E-state index in [4.69, 9.17) is 17.3 Å². The van der Waals surface area contributed by atoms with Crippen molar-refractivity contribution in [2.75, 3.05) is 17.3 Å². The first-order valence-corrected chi connectivity index (χ1v) is 7.02. The van der Waals surface area contributed by atoms with Crippen molar-refractivity contribution in [3.63, 3.8) is 0 Å². The molecule has 0 heterocycles. The monoisotopic (exact) mass is 305 g/mol. The lowest BCUT2D eigenvalue weighted by Gasteiger charge is -2.19. The summed E-state index contributed by atoms with van der Waals surface area (Å²) < 4.78 is 13.0. The van der Waals surface area contributed by atoms with Crippen molar-refractivity contribution in [2.45, 2.75) is 13.8 Å². The van der Waals surface area contributed by atoms with Crippen molar-refractivity contribution in [2.24, 2.45) is 5.10 Å². The van der Waals surface area contributed by atoms with E-state index in [9.17, 15) is 4.39 Å². The van der Waals surface area contributed by atoms with Crippen LogP contribution in [0.5, 0.6) is 0 Å². The molecule has 0 saturated heterocycles. The molecular formula is C16H17ClFN3. The molecule has 0 fully saturated rings. The molecule has 5 heteroatoms. The maximum Gasteiger partial charge on any atom is 0.123 e. The lowest BCUT2D eigenvalue weighted by atomic mass is 10.1. The van der Waals surface area contributed by atoms with Crippen LogP contribution < -0.4 is 10.7 Å². The molecule has 0 saturated carbocycles. The Labute approximate surface area is 128 Å². The van der Waals surface area contributed by atoms with Gasteiger partial charge in [0.15, 0.2) is 0 Å². The molecule has 2 N–H and O–H groups in total. The van der Waals surface area contributed by atoms with Gasteiger partial charge in [-0.15, -0.1) is 0 Å². The summed E-state index contributed by atoms with van der Waals surface area (Å²) in [6.07, 6.45) is 0. The van der Waals surface area contributed by atoms with Crippen LogP contribution in [0.25, 0.3) is 0 Å². The summed E-state index contributed by atoms with van der Waals surface area (Å²) in [6.45, 7) is 4.50. The van der Waals surface area contributed by atoms with Crippen molar-refractivity contribution in [3.8, 4) is 0 Å². The second-order valence-electron chi connectivity index (χ2n) is 4.61. The van der Waals surface area contributed by atoms with Gasteiger partial charge in [-0.25, -0.2) is 4.39 Å². The first-order valence-electron chi connectivity index (χ1n) is 6.65. The number of rotatable bonds is 4. The number of benzene rings is 2. The second kappa shape index (κ2) is 6.59. The molecule has 0 unspecified atom stereocenters. The molecule has 2 rings (SSSR count). The Kier molecular flexibility index (Phi) is 4.81. The molecule has 0 aliphatic carbocycles. The first-order chi connectivity index (χ1) is 10.0. The molecule has 3 nitrogen and oxygen atoms in total. The maximum absolute atomic E-state index is 13.0. The van der Waals surface area contributed by atoms with Crippen LogP contribution in [0.15, 0.2) is 47.6 Å². The zero-order chi connectivity index (χ0) is 15.4. The van der Waals surface area contributed by atoms with Gasteiger partial charge in [-0.05, 0) is 56.3 Å². The van der Waals surface area contributed by atoms with Gasteiger partial charge in [0, 0.05) is 22.8 Å². The molecule has 0 spiro atoms. The van der Waals surface area contributed by atoms with Gasteiger partial charge < -0.3 is 5.73 Å². The van der Waals surface area contributed by atoms with Gasteiger partial charge in [0.1, 0.15) is 5.82 Å². The van der Waals surface area contributed by atoms with Crippen LogP contribution >= 0.6 is 11.6 Å². The smallest absolute Gasteiger partial charge is 0.123 e. The van der Waals surface area contributed by atoms with Crippen molar-refractivity contribution < 1.29 is 4.39 Å². The summed E-state index contributed by atoms with van der Waals surface area (Å²) in [4.78, 5) is 0. The summed E-state index contributed by atoms with van der Waals surface area (Å²) >= 11 is 6.00. The van der Waals surface area contributed by atoms with Crippen LogP contribution in [0.3, 0.4) is 0 Å². The van der Waals surface area contributed by atoms with E-state index in [2.05, 4.69) is 5.10 Å². The predicted octanol–water partition coefficient (Wildman–Crippen LogP) is 4.31. The summed E-state index contributed by atoms with van der Waals surface area (Å²) in [7, 11) is 0. The van der Waals surface area contributed by atoms with E-state index < -0.39 is 0 Å². The Morgan fingerprint density at radius 1 is 1.24 bits per heavy atom. The molecule has 0 radical (unpaired) electrons. The van der Waals surface area contributed by atoms with Crippen molar-refractivity contribution in [1.82, 2.24) is 0 Å². The maximum atomic E-state index is 13.0. The molecule has 0 aliphatic rings. The van der Waals surface area contributed by atoms with Gasteiger partial charge in [-0.1, -0.05) is 11.6 Å². The fourth-order valence-electron chi connectivity index (χ4n) is 2.00. The normalized spacial score (nSPS) is 11.5. The third-order valence-corrected chi connectivity index (χ3v) is 3.34. The van der Waals surface area contributed by atoms with Crippen LogP contribution in [0.2, 0.25) is 5.02 Å². The van der Waals surface area contributed by atoms with Gasteiger partial charge >= 0.3 is 0 Å². The van der Waals surface area contributed by atoms with Crippen LogP contribution in [0.4, 0.5) is 15.8 Å². The minimum absolute atomic E-state index is 0.269. The topological polar surface area (TPSA) is 41.6 Å². The molecule has 0 aromatic heterocycles. The molecular weight excluding hydrogens is 289 g/mol. The summed E-state index contributed by atoms with van der Waals surface area (Å²) in [5.41, 5.74) is 8.94. The van der Waals surface area contributed by atoms with E-state index in [1.165, 1.54) is 12.1 Å². The molecule has 0 aliphatic heterocycles. The molecule has 110 valence electrons. The lowest BCUT2D eigenvalue weighted by molar-refractivity contribution is 0.627. The Hall–Kier alpha value is -2.07. The highest BCUT2D eigenvalue weighted by molar-refractivity contribution is 6.31. The predicted molar refractivity (Wildman–Crippen MR) is 87.5 cm³/mol. The minimum Gasteiger partial charge on any atom is -0.398 e. The first kappa shape index (κ1) is 15.3. The zero-order valence-electron chi connectivity index (χ0n) is 12.0. The number of nitrogens with two attached hydrogens (primary N) is 1. The third-order valence-electron chi connectivity index (χ3n) is 3.10. The average molecular weight is 306 g/mol. The van der Waals surface area contributed by atoms with Gasteiger partial charge in [0.05, 0.1) is 11.4 Å². The molecule has 21 heavy (non-hydrogen) atoms. The van der Waals surface area contributed by atoms with E-state index in [-0.39, 0.29) is 5.82 Å². The van der Waals surface area contributed by atoms with Crippen LogP contribution in [-0.2, 0) is 0 Å². The fourth-order valence-corrected chi connectivity index (χ4v) is 2.17. The number of anilines is 2. The fraction of sp³-hybridized carbons (Fsp3) is 0.188. The highest BCUT2D eigenvalue weighted by Gasteiger charge is 2.08. The van der Waals surface area contributed by atoms with Gasteiger partial charge in [0.2, 0.25) is 0 Å². The number of hydrogen-bond donors (Lipinski definition) is 1. The SMILES string of the molecule is CCN(/N=C(\C)c1cc(Cl)ccc1N)c1ccc(F)cc1. The van der Waals surface area contributed by atoms with Crippen molar-refractivity contribution >= 4 is 28.7 Å². The number of nitrogens with zero attached hydrogens (tertiary/aromatic N) is 2. The summed E-state index contributed by atoms with van der Waals surface area (Å²) in [5, 5.41) is 6.95. The van der Waals surface area contributed by atoms with E-state index in [1.807, 2.05) is 13.8 Å². The van der Waals surface area contributed by atoms with Crippen LogP contribution in [0, 0.1) is 5.82 Å². The molecule has 2 aromatic carbocycles. The quantitative estimate of drug-likeness (QED) is 0.519. The Balaban J connectivity index is 2.34. The minimum atomic E-state index is -0.269. The zero-order valence-corrected chi connectivity index (χ0v) is 12.7. The number of hydrogen-bond acceptors (Lipinski definition) is 3. The Bertz CT molecular complexity index is 653. The lowest BCUT2D eigenvalue weighted by Crippen LogP contribution is -2.18. The van der Waals surface area contributed by atoms with Gasteiger partial charge in [-0.2, -0.15) is 5.10 Å². The Morgan fingerprint density at radius 2 is 1.90 bits per heavy atom. The number of hydrazone groups is 1. The Morgan fingerprint density at radius 3 is 2.52 bits per heavy atom. The van der Waals surface area contributed by atoms with E-state index in [0.717, 1.165) is 17.0 Å². The highest BCUT2D eigenvalue weighted by atomic mass is 35.5. The van der Waals surface area contributed by atoms with Gasteiger partial charge in [0.25, 0.3) is 0 Å². The molecule has 2 aromatic rings. The van der Waals surface area contributed by atoms with Crippen LogP contribution in [0.1, 0.15) is 19.4 Å². The number of halogens is 2. The summed E-state index contributed by atoms with van der Waals surface area (Å²) in [5.74, 6) is -0.269.